The number of carbonyl (C=O) groups excluding carboxylic acids is 1. The second-order valence-electron chi connectivity index (χ2n) is 4.29. The molecule has 0 bridgehead atoms. The Morgan fingerprint density at radius 2 is 2.26 bits per heavy atom. The van der Waals surface area contributed by atoms with E-state index in [1.54, 1.807) is 6.20 Å². The first kappa shape index (κ1) is 14.4. The lowest BCUT2D eigenvalue weighted by Crippen LogP contribution is -2.13. The summed E-state index contributed by atoms with van der Waals surface area (Å²) in [5.41, 5.74) is 1.82. The van der Waals surface area contributed by atoms with Gasteiger partial charge in [-0.3, -0.25) is 4.57 Å². The molecule has 0 aliphatic carbocycles. The minimum atomic E-state index is -0.340. The van der Waals surface area contributed by atoms with Crippen molar-refractivity contribution >= 4 is 44.5 Å². The maximum Gasteiger partial charge on any atom is 0.418 e. The fraction of sp³-hybridized carbons (Fsp3) is 0.357. The molecule has 0 radical (unpaired) electrons. The molecular formula is C14H15BrClNO2. The molecule has 19 heavy (non-hydrogen) atoms. The SMILES string of the molecule is CCCCOC(=O)n1ccc2cc(Cl)cc(CBr)c21. The van der Waals surface area contributed by atoms with Crippen LogP contribution in [-0.4, -0.2) is 17.3 Å². The Kier molecular flexibility index (Phi) is 4.88. The molecule has 2 rings (SSSR count). The van der Waals surface area contributed by atoms with E-state index in [0.717, 1.165) is 29.3 Å². The van der Waals surface area contributed by atoms with E-state index < -0.39 is 0 Å². The number of benzene rings is 1. The Bertz CT molecular complexity index is 594. The number of halogens is 2. The van der Waals surface area contributed by atoms with E-state index in [1.807, 2.05) is 18.2 Å². The molecule has 0 unspecified atom stereocenters. The number of fused-ring (bicyclic) bond motifs is 1. The highest BCUT2D eigenvalue weighted by Crippen LogP contribution is 2.27. The van der Waals surface area contributed by atoms with Crippen molar-refractivity contribution in [3.05, 3.63) is 35.0 Å². The van der Waals surface area contributed by atoms with Crippen molar-refractivity contribution < 1.29 is 9.53 Å². The third-order valence-electron chi connectivity index (χ3n) is 2.89. The zero-order valence-corrected chi connectivity index (χ0v) is 13.0. The van der Waals surface area contributed by atoms with Crippen LogP contribution in [0.5, 0.6) is 0 Å². The third-order valence-corrected chi connectivity index (χ3v) is 3.71. The van der Waals surface area contributed by atoms with E-state index >= 15 is 0 Å². The largest absolute Gasteiger partial charge is 0.449 e. The van der Waals surface area contributed by atoms with Crippen molar-refractivity contribution in [3.63, 3.8) is 0 Å². The summed E-state index contributed by atoms with van der Waals surface area (Å²) >= 11 is 9.47. The number of hydrogen-bond acceptors (Lipinski definition) is 2. The van der Waals surface area contributed by atoms with Crippen LogP contribution < -0.4 is 0 Å². The molecule has 2 aromatic rings. The average molecular weight is 345 g/mol. The summed E-state index contributed by atoms with van der Waals surface area (Å²) in [5.74, 6) is 0. The fourth-order valence-electron chi connectivity index (χ4n) is 1.96. The first-order chi connectivity index (χ1) is 9.17. The lowest BCUT2D eigenvalue weighted by molar-refractivity contribution is 0.147. The van der Waals surface area contributed by atoms with Crippen LogP contribution in [0.2, 0.25) is 5.02 Å². The minimum Gasteiger partial charge on any atom is -0.449 e. The maximum absolute atomic E-state index is 12.0. The Hall–Kier alpha value is -1.000. The summed E-state index contributed by atoms with van der Waals surface area (Å²) in [7, 11) is 0. The molecule has 5 heteroatoms. The van der Waals surface area contributed by atoms with Crippen LogP contribution in [0.25, 0.3) is 10.9 Å². The Morgan fingerprint density at radius 1 is 1.47 bits per heavy atom. The van der Waals surface area contributed by atoms with Crippen LogP contribution >= 0.6 is 27.5 Å². The summed E-state index contributed by atoms with van der Waals surface area (Å²) in [4.78, 5) is 12.0. The van der Waals surface area contributed by atoms with Crippen LogP contribution in [-0.2, 0) is 10.1 Å². The van der Waals surface area contributed by atoms with E-state index in [-0.39, 0.29) is 6.09 Å². The molecule has 102 valence electrons. The number of nitrogens with zero attached hydrogens (tertiary/aromatic N) is 1. The average Bonchev–Trinajstić information content (AvgIpc) is 2.81. The van der Waals surface area contributed by atoms with Gasteiger partial charge in [0, 0.05) is 21.9 Å². The van der Waals surface area contributed by atoms with Gasteiger partial charge in [-0.25, -0.2) is 4.79 Å². The normalized spacial score (nSPS) is 10.9. The highest BCUT2D eigenvalue weighted by atomic mass is 79.9. The fourth-order valence-corrected chi connectivity index (χ4v) is 2.63. The van der Waals surface area contributed by atoms with Gasteiger partial charge in [0.1, 0.15) is 0 Å². The monoisotopic (exact) mass is 343 g/mol. The minimum absolute atomic E-state index is 0.340. The van der Waals surface area contributed by atoms with Gasteiger partial charge >= 0.3 is 6.09 Å². The molecule has 0 aliphatic heterocycles. The van der Waals surface area contributed by atoms with E-state index in [4.69, 9.17) is 16.3 Å². The van der Waals surface area contributed by atoms with E-state index in [9.17, 15) is 4.79 Å². The summed E-state index contributed by atoms with van der Waals surface area (Å²) in [6.07, 6.45) is 3.26. The summed E-state index contributed by atoms with van der Waals surface area (Å²) in [6, 6.07) is 5.57. The number of carbonyl (C=O) groups is 1. The van der Waals surface area contributed by atoms with Gasteiger partial charge in [0.15, 0.2) is 0 Å². The van der Waals surface area contributed by atoms with Crippen molar-refractivity contribution in [1.82, 2.24) is 4.57 Å². The van der Waals surface area contributed by atoms with Gasteiger partial charge in [0.2, 0.25) is 0 Å². The predicted molar refractivity (Wildman–Crippen MR) is 81.2 cm³/mol. The first-order valence-electron chi connectivity index (χ1n) is 6.20. The summed E-state index contributed by atoms with van der Waals surface area (Å²) in [5, 5.41) is 2.24. The van der Waals surface area contributed by atoms with Crippen LogP contribution in [0, 0.1) is 0 Å². The predicted octanol–water partition coefficient (Wildman–Crippen LogP) is 4.97. The smallest absolute Gasteiger partial charge is 0.418 e. The van der Waals surface area contributed by atoms with Crippen molar-refractivity contribution in [2.45, 2.75) is 25.1 Å². The molecule has 0 aliphatic rings. The Labute approximate surface area is 125 Å². The van der Waals surface area contributed by atoms with Gasteiger partial charge in [0.05, 0.1) is 12.1 Å². The van der Waals surface area contributed by atoms with E-state index in [0.29, 0.717) is 17.0 Å². The van der Waals surface area contributed by atoms with Crippen molar-refractivity contribution in [2.24, 2.45) is 0 Å². The van der Waals surface area contributed by atoms with Gasteiger partial charge < -0.3 is 4.74 Å². The summed E-state index contributed by atoms with van der Waals surface area (Å²) < 4.78 is 6.78. The molecule has 1 aromatic carbocycles. The van der Waals surface area contributed by atoms with Crippen LogP contribution in [0.4, 0.5) is 4.79 Å². The molecule has 1 heterocycles. The number of ether oxygens (including phenoxy) is 1. The molecule has 0 atom stereocenters. The first-order valence-corrected chi connectivity index (χ1v) is 7.70. The highest BCUT2D eigenvalue weighted by Gasteiger charge is 2.13. The highest BCUT2D eigenvalue weighted by molar-refractivity contribution is 9.08. The zero-order chi connectivity index (χ0) is 13.8. The number of unbranched alkanes of at least 4 members (excludes halogenated alkanes) is 1. The van der Waals surface area contributed by atoms with E-state index in [1.165, 1.54) is 4.57 Å². The second-order valence-corrected chi connectivity index (χ2v) is 5.29. The van der Waals surface area contributed by atoms with Gasteiger partial charge in [-0.1, -0.05) is 40.9 Å². The molecule has 1 aromatic heterocycles. The van der Waals surface area contributed by atoms with Gasteiger partial charge in [-0.2, -0.15) is 0 Å². The number of alkyl halides is 1. The van der Waals surface area contributed by atoms with Crippen molar-refractivity contribution in [2.75, 3.05) is 6.61 Å². The van der Waals surface area contributed by atoms with Gasteiger partial charge in [0.25, 0.3) is 0 Å². The lowest BCUT2D eigenvalue weighted by Gasteiger charge is -2.08. The molecule has 0 spiro atoms. The number of rotatable bonds is 4. The van der Waals surface area contributed by atoms with E-state index in [2.05, 4.69) is 22.9 Å². The molecular weight excluding hydrogens is 330 g/mol. The Morgan fingerprint density at radius 3 is 2.95 bits per heavy atom. The maximum atomic E-state index is 12.0. The second kappa shape index (κ2) is 6.44. The lowest BCUT2D eigenvalue weighted by atomic mass is 10.2. The van der Waals surface area contributed by atoms with Gasteiger partial charge in [-0.05, 0) is 30.2 Å². The third kappa shape index (κ3) is 3.12. The number of hydrogen-bond donors (Lipinski definition) is 0. The Balaban J connectivity index is 2.36. The molecule has 0 saturated carbocycles. The molecule has 0 saturated heterocycles. The number of aromatic nitrogens is 1. The quantitative estimate of drug-likeness (QED) is 0.579. The summed E-state index contributed by atoms with van der Waals surface area (Å²) in [6.45, 7) is 2.51. The topological polar surface area (TPSA) is 31.2 Å². The van der Waals surface area contributed by atoms with Crippen LogP contribution in [0.15, 0.2) is 24.4 Å². The molecule has 3 nitrogen and oxygen atoms in total. The standard InChI is InChI=1S/C14H15BrClNO2/c1-2-3-6-19-14(18)17-5-4-10-7-12(16)8-11(9-15)13(10)17/h4-5,7-8H,2-3,6,9H2,1H3. The molecule has 0 amide bonds. The van der Waals surface area contributed by atoms with Crippen molar-refractivity contribution in [1.29, 1.82) is 0 Å². The van der Waals surface area contributed by atoms with Crippen LogP contribution in [0.3, 0.4) is 0 Å². The zero-order valence-electron chi connectivity index (χ0n) is 10.7. The van der Waals surface area contributed by atoms with Crippen molar-refractivity contribution in [3.8, 4) is 0 Å². The molecule has 0 N–H and O–H groups in total. The van der Waals surface area contributed by atoms with Gasteiger partial charge in [-0.15, -0.1) is 0 Å². The van der Waals surface area contributed by atoms with Crippen LogP contribution in [0.1, 0.15) is 25.3 Å². The molecule has 0 fully saturated rings.